The van der Waals surface area contributed by atoms with E-state index in [0.717, 1.165) is 13.5 Å². The molecule has 2 aromatic rings. The quantitative estimate of drug-likeness (QED) is 0.846. The Morgan fingerprint density at radius 1 is 1.21 bits per heavy atom. The molecule has 19 heavy (non-hydrogen) atoms. The Kier molecular flexibility index (Phi) is 4.43. The van der Waals surface area contributed by atoms with Gasteiger partial charge in [0.05, 0.1) is 0 Å². The van der Waals surface area contributed by atoms with E-state index in [1.54, 1.807) is 0 Å². The lowest BCUT2D eigenvalue weighted by Gasteiger charge is -2.31. The van der Waals surface area contributed by atoms with E-state index >= 15 is 0 Å². The molecule has 102 valence electrons. The van der Waals surface area contributed by atoms with Crippen molar-refractivity contribution >= 4 is 16.5 Å². The van der Waals surface area contributed by atoms with Crippen molar-refractivity contribution in [2.75, 3.05) is 25.6 Å². The molecular formula is C17H23NO. The monoisotopic (exact) mass is 257 g/mol. The van der Waals surface area contributed by atoms with Gasteiger partial charge in [0.25, 0.3) is 0 Å². The summed E-state index contributed by atoms with van der Waals surface area (Å²) in [5.41, 5.74) is 4.56. The Labute approximate surface area is 115 Å². The van der Waals surface area contributed by atoms with Crippen LogP contribution in [0.3, 0.4) is 0 Å². The average Bonchev–Trinajstić information content (AvgIpc) is 2.47. The summed E-state index contributed by atoms with van der Waals surface area (Å²) in [6, 6.07) is 11.2. The minimum atomic E-state index is 1.00. The molecule has 0 radical (unpaired) electrons. The van der Waals surface area contributed by atoms with Crippen molar-refractivity contribution in [2.24, 2.45) is 0 Å². The van der Waals surface area contributed by atoms with Crippen molar-refractivity contribution in [3.8, 4) is 0 Å². The first-order valence-corrected chi connectivity index (χ1v) is 7.00. The van der Waals surface area contributed by atoms with Crippen molar-refractivity contribution in [3.05, 3.63) is 41.5 Å². The van der Waals surface area contributed by atoms with Gasteiger partial charge in [-0.1, -0.05) is 31.2 Å². The van der Waals surface area contributed by atoms with Gasteiger partial charge in [-0.25, -0.2) is 0 Å². The standard InChI is InChI=1S/C16H19N.CH4O/c1-3-14-15-9-5-4-7-12(15)11-13-8-6-10-17(2)16(13)14;1-2/h4-5,7,9,11H,3,6,8,10H2,1-2H3;2H,1H3. The molecule has 1 aliphatic heterocycles. The Hall–Kier alpha value is -1.54. The third kappa shape index (κ3) is 2.45. The molecule has 0 saturated carbocycles. The number of hydrogen-bond acceptors (Lipinski definition) is 2. The second kappa shape index (κ2) is 6.07. The molecule has 3 rings (SSSR count). The molecule has 0 unspecified atom stereocenters. The highest BCUT2D eigenvalue weighted by Crippen LogP contribution is 2.36. The fourth-order valence-corrected chi connectivity index (χ4v) is 3.12. The van der Waals surface area contributed by atoms with Gasteiger partial charge in [-0.3, -0.25) is 0 Å². The van der Waals surface area contributed by atoms with Gasteiger partial charge in [0.1, 0.15) is 0 Å². The highest BCUT2D eigenvalue weighted by molar-refractivity contribution is 5.92. The number of nitrogens with zero attached hydrogens (tertiary/aromatic N) is 1. The molecule has 1 N–H and O–H groups in total. The van der Waals surface area contributed by atoms with E-state index < -0.39 is 0 Å². The van der Waals surface area contributed by atoms with Gasteiger partial charge in [-0.2, -0.15) is 0 Å². The molecule has 0 spiro atoms. The van der Waals surface area contributed by atoms with Gasteiger partial charge in [-0.15, -0.1) is 0 Å². The minimum Gasteiger partial charge on any atom is -0.400 e. The van der Waals surface area contributed by atoms with E-state index in [1.807, 2.05) is 0 Å². The number of aliphatic hydroxyl groups excluding tert-OH is 1. The Bertz CT molecular complexity index is 562. The SMILES string of the molecule is CCc1c2c(cc3ccccc13)CCCN2C.CO. The highest BCUT2D eigenvalue weighted by Gasteiger charge is 2.18. The molecule has 1 aliphatic rings. The number of hydrogen-bond donors (Lipinski definition) is 1. The van der Waals surface area contributed by atoms with Crippen LogP contribution in [0.5, 0.6) is 0 Å². The van der Waals surface area contributed by atoms with Crippen LogP contribution in [-0.2, 0) is 12.8 Å². The summed E-state index contributed by atoms with van der Waals surface area (Å²) < 4.78 is 0. The van der Waals surface area contributed by atoms with E-state index in [9.17, 15) is 0 Å². The van der Waals surface area contributed by atoms with Crippen LogP contribution in [-0.4, -0.2) is 25.8 Å². The van der Waals surface area contributed by atoms with E-state index in [2.05, 4.69) is 49.2 Å². The van der Waals surface area contributed by atoms with Crippen LogP contribution < -0.4 is 4.90 Å². The van der Waals surface area contributed by atoms with Crippen molar-refractivity contribution in [1.29, 1.82) is 0 Å². The second-order valence-electron chi connectivity index (χ2n) is 4.96. The van der Waals surface area contributed by atoms with Crippen molar-refractivity contribution < 1.29 is 5.11 Å². The van der Waals surface area contributed by atoms with Crippen LogP contribution >= 0.6 is 0 Å². The predicted molar refractivity (Wildman–Crippen MR) is 83.1 cm³/mol. The van der Waals surface area contributed by atoms with Crippen LogP contribution in [0.15, 0.2) is 30.3 Å². The first kappa shape index (κ1) is 13.9. The summed E-state index contributed by atoms with van der Waals surface area (Å²) in [5.74, 6) is 0. The minimum absolute atomic E-state index is 1.00. The molecule has 1 heterocycles. The molecule has 0 aromatic heterocycles. The third-order valence-electron chi connectivity index (χ3n) is 3.88. The maximum absolute atomic E-state index is 7.00. The first-order valence-electron chi connectivity index (χ1n) is 7.00. The fraction of sp³-hybridized carbons (Fsp3) is 0.412. The molecule has 0 fully saturated rings. The number of benzene rings is 2. The van der Waals surface area contributed by atoms with Crippen LogP contribution in [0.2, 0.25) is 0 Å². The molecule has 0 atom stereocenters. The zero-order valence-electron chi connectivity index (χ0n) is 12.1. The first-order chi connectivity index (χ1) is 9.31. The van der Waals surface area contributed by atoms with Gasteiger partial charge in [0.2, 0.25) is 0 Å². The van der Waals surface area contributed by atoms with Gasteiger partial charge >= 0.3 is 0 Å². The number of fused-ring (bicyclic) bond motifs is 2. The zero-order chi connectivity index (χ0) is 13.8. The molecule has 2 aromatic carbocycles. The summed E-state index contributed by atoms with van der Waals surface area (Å²) in [5, 5.41) is 9.83. The van der Waals surface area contributed by atoms with Crippen molar-refractivity contribution in [2.45, 2.75) is 26.2 Å². The lowest BCUT2D eigenvalue weighted by molar-refractivity contribution is 0.399. The molecule has 0 saturated heterocycles. The van der Waals surface area contributed by atoms with Gasteiger partial charge < -0.3 is 10.0 Å². The molecule has 2 nitrogen and oxygen atoms in total. The summed E-state index contributed by atoms with van der Waals surface area (Å²) in [7, 11) is 3.23. The molecule has 0 amide bonds. The van der Waals surface area contributed by atoms with Gasteiger partial charge in [0, 0.05) is 26.4 Å². The van der Waals surface area contributed by atoms with E-state index in [-0.39, 0.29) is 0 Å². The normalized spacial score (nSPS) is 13.8. The number of aryl methyl sites for hydroxylation is 2. The Morgan fingerprint density at radius 2 is 1.95 bits per heavy atom. The Balaban J connectivity index is 0.000000637. The van der Waals surface area contributed by atoms with Crippen LogP contribution in [0.1, 0.15) is 24.5 Å². The molecule has 0 bridgehead atoms. The fourth-order valence-electron chi connectivity index (χ4n) is 3.12. The summed E-state index contributed by atoms with van der Waals surface area (Å²) in [6.45, 7) is 3.46. The third-order valence-corrected chi connectivity index (χ3v) is 3.88. The van der Waals surface area contributed by atoms with Gasteiger partial charge in [-0.05, 0) is 47.2 Å². The summed E-state index contributed by atoms with van der Waals surface area (Å²) in [4.78, 5) is 2.43. The number of rotatable bonds is 1. The molecule has 2 heteroatoms. The molecule has 0 aliphatic carbocycles. The topological polar surface area (TPSA) is 23.5 Å². The predicted octanol–water partition coefficient (Wildman–Crippen LogP) is 3.39. The summed E-state index contributed by atoms with van der Waals surface area (Å²) in [6.07, 6.45) is 3.64. The maximum atomic E-state index is 7.00. The van der Waals surface area contributed by atoms with Crippen LogP contribution in [0.25, 0.3) is 10.8 Å². The van der Waals surface area contributed by atoms with Crippen LogP contribution in [0.4, 0.5) is 5.69 Å². The van der Waals surface area contributed by atoms with Crippen LogP contribution in [0, 0.1) is 0 Å². The Morgan fingerprint density at radius 3 is 2.68 bits per heavy atom. The van der Waals surface area contributed by atoms with E-state index in [1.165, 1.54) is 47.0 Å². The second-order valence-corrected chi connectivity index (χ2v) is 4.96. The smallest absolute Gasteiger partial charge is 0.0435 e. The lowest BCUT2D eigenvalue weighted by atomic mass is 9.91. The maximum Gasteiger partial charge on any atom is 0.0435 e. The summed E-state index contributed by atoms with van der Waals surface area (Å²) >= 11 is 0. The molecular weight excluding hydrogens is 234 g/mol. The van der Waals surface area contributed by atoms with Gasteiger partial charge in [0.15, 0.2) is 0 Å². The van der Waals surface area contributed by atoms with E-state index in [0.29, 0.717) is 0 Å². The lowest BCUT2D eigenvalue weighted by Crippen LogP contribution is -2.26. The largest absolute Gasteiger partial charge is 0.400 e. The average molecular weight is 257 g/mol. The number of aliphatic hydroxyl groups is 1. The zero-order valence-corrected chi connectivity index (χ0v) is 12.1. The van der Waals surface area contributed by atoms with E-state index in [4.69, 9.17) is 5.11 Å². The number of anilines is 1. The van der Waals surface area contributed by atoms with Crippen molar-refractivity contribution in [1.82, 2.24) is 0 Å². The highest BCUT2D eigenvalue weighted by atomic mass is 16.2. The van der Waals surface area contributed by atoms with Crippen molar-refractivity contribution in [3.63, 3.8) is 0 Å².